The van der Waals surface area contributed by atoms with Gasteiger partial charge in [0.25, 0.3) is 0 Å². The summed E-state index contributed by atoms with van der Waals surface area (Å²) in [6.45, 7) is 2.09. The van der Waals surface area contributed by atoms with E-state index < -0.39 is 13.8 Å². The third-order valence-corrected chi connectivity index (χ3v) is 4.83. The van der Waals surface area contributed by atoms with Crippen LogP contribution in [-0.2, 0) is 29.8 Å². The standard InChI is InChI=1S/C19H30NO7P/c1-3-4-5-6-7-11-18(21)20-12-13-26-28(23,24)27-17-10-8-9-16(14-17)15-19(22)25-2/h8-10,14H,3-7,11-13,15H2,1-2H3,(H,20,21)(H,23,24). The van der Waals surface area contributed by atoms with Crippen molar-refractivity contribution in [2.24, 2.45) is 0 Å². The molecule has 0 aromatic heterocycles. The third-order valence-electron chi connectivity index (χ3n) is 3.88. The summed E-state index contributed by atoms with van der Waals surface area (Å²) in [5, 5.41) is 2.64. The Kier molecular flexibility index (Phi) is 11.5. The number of carbonyl (C=O) groups excluding carboxylic acids is 2. The van der Waals surface area contributed by atoms with Crippen molar-refractivity contribution >= 4 is 19.7 Å². The number of phosphoric ester groups is 1. The van der Waals surface area contributed by atoms with Crippen LogP contribution in [0.2, 0.25) is 0 Å². The molecule has 28 heavy (non-hydrogen) atoms. The summed E-state index contributed by atoms with van der Waals surface area (Å²) in [6, 6.07) is 6.20. The molecular weight excluding hydrogens is 385 g/mol. The quantitative estimate of drug-likeness (QED) is 0.272. The largest absolute Gasteiger partial charge is 0.527 e. The van der Waals surface area contributed by atoms with Crippen LogP contribution in [0.15, 0.2) is 24.3 Å². The molecule has 1 aromatic rings. The molecule has 0 saturated carbocycles. The Morgan fingerprint density at radius 3 is 2.64 bits per heavy atom. The lowest BCUT2D eigenvalue weighted by Crippen LogP contribution is -2.26. The highest BCUT2D eigenvalue weighted by atomic mass is 31.2. The highest BCUT2D eigenvalue weighted by Gasteiger charge is 2.23. The van der Waals surface area contributed by atoms with Gasteiger partial charge >= 0.3 is 13.8 Å². The molecule has 0 saturated heterocycles. The molecule has 1 unspecified atom stereocenters. The van der Waals surface area contributed by atoms with Crippen LogP contribution in [0.25, 0.3) is 0 Å². The summed E-state index contributed by atoms with van der Waals surface area (Å²) < 4.78 is 26.4. The van der Waals surface area contributed by atoms with Crippen LogP contribution in [0.5, 0.6) is 5.75 Å². The van der Waals surface area contributed by atoms with E-state index >= 15 is 0 Å². The first-order chi connectivity index (χ1) is 13.4. The lowest BCUT2D eigenvalue weighted by atomic mass is 10.1. The maximum Gasteiger partial charge on any atom is 0.527 e. The molecule has 0 aliphatic carbocycles. The Balaban J connectivity index is 2.31. The number of benzene rings is 1. The van der Waals surface area contributed by atoms with Crippen LogP contribution in [-0.4, -0.2) is 37.0 Å². The number of hydrogen-bond acceptors (Lipinski definition) is 6. The summed E-state index contributed by atoms with van der Waals surface area (Å²) >= 11 is 0. The third kappa shape index (κ3) is 11.1. The molecule has 8 nitrogen and oxygen atoms in total. The molecule has 0 spiro atoms. The molecule has 9 heteroatoms. The van der Waals surface area contributed by atoms with Crippen molar-refractivity contribution in [3.63, 3.8) is 0 Å². The number of amides is 1. The van der Waals surface area contributed by atoms with Crippen molar-refractivity contribution in [2.45, 2.75) is 51.9 Å². The molecule has 0 bridgehead atoms. The van der Waals surface area contributed by atoms with Gasteiger partial charge < -0.3 is 14.6 Å². The zero-order valence-electron chi connectivity index (χ0n) is 16.5. The number of ether oxygens (including phenoxy) is 1. The number of carbonyl (C=O) groups is 2. The van der Waals surface area contributed by atoms with Gasteiger partial charge in [-0.2, -0.15) is 0 Å². The lowest BCUT2D eigenvalue weighted by molar-refractivity contribution is -0.139. The summed E-state index contributed by atoms with van der Waals surface area (Å²) in [6.07, 6.45) is 5.76. The number of nitrogens with one attached hydrogen (secondary N) is 1. The summed E-state index contributed by atoms with van der Waals surface area (Å²) in [5.41, 5.74) is 0.579. The first-order valence-corrected chi connectivity index (χ1v) is 10.9. The van der Waals surface area contributed by atoms with E-state index in [1.165, 1.54) is 25.7 Å². The van der Waals surface area contributed by atoms with E-state index in [-0.39, 0.29) is 31.2 Å². The van der Waals surface area contributed by atoms with Crippen LogP contribution in [0.3, 0.4) is 0 Å². The van der Waals surface area contributed by atoms with Crippen molar-refractivity contribution in [3.8, 4) is 5.75 Å². The minimum Gasteiger partial charge on any atom is -0.469 e. The van der Waals surface area contributed by atoms with E-state index in [1.54, 1.807) is 12.1 Å². The number of methoxy groups -OCH3 is 1. The first-order valence-electron chi connectivity index (χ1n) is 9.45. The molecule has 0 aliphatic heterocycles. The molecule has 1 amide bonds. The van der Waals surface area contributed by atoms with Crippen LogP contribution in [0.4, 0.5) is 0 Å². The van der Waals surface area contributed by atoms with Gasteiger partial charge in [0.15, 0.2) is 0 Å². The molecule has 158 valence electrons. The van der Waals surface area contributed by atoms with Crippen LogP contribution in [0, 0.1) is 0 Å². The Labute approximate surface area is 166 Å². The smallest absolute Gasteiger partial charge is 0.469 e. The fraction of sp³-hybridized carbons (Fsp3) is 0.579. The van der Waals surface area contributed by atoms with Crippen molar-refractivity contribution < 1.29 is 32.8 Å². The minimum absolute atomic E-state index is 0.0226. The van der Waals surface area contributed by atoms with Crippen LogP contribution in [0.1, 0.15) is 51.0 Å². The number of hydrogen-bond donors (Lipinski definition) is 2. The van der Waals surface area contributed by atoms with E-state index in [2.05, 4.69) is 17.0 Å². The summed E-state index contributed by atoms with van der Waals surface area (Å²) in [7, 11) is -3.06. The van der Waals surface area contributed by atoms with E-state index in [0.717, 1.165) is 25.7 Å². The molecule has 1 rings (SSSR count). The maximum atomic E-state index is 12.0. The first kappa shape index (κ1) is 24.1. The normalized spacial score (nSPS) is 12.8. The summed E-state index contributed by atoms with van der Waals surface area (Å²) in [4.78, 5) is 32.8. The van der Waals surface area contributed by atoms with Crippen molar-refractivity contribution in [2.75, 3.05) is 20.3 Å². The molecule has 0 aliphatic rings. The monoisotopic (exact) mass is 415 g/mol. The SMILES string of the molecule is CCCCCCCC(=O)NCCOP(=O)(O)Oc1cccc(CC(=O)OC)c1. The molecule has 2 N–H and O–H groups in total. The molecule has 0 radical (unpaired) electrons. The fourth-order valence-electron chi connectivity index (χ4n) is 2.44. The Bertz CT molecular complexity index is 665. The van der Waals surface area contributed by atoms with Crippen LogP contribution < -0.4 is 9.84 Å². The molecule has 1 atom stereocenters. The predicted octanol–water partition coefficient (Wildman–Crippen LogP) is 3.37. The van der Waals surface area contributed by atoms with E-state index in [9.17, 15) is 19.0 Å². The van der Waals surface area contributed by atoms with E-state index in [0.29, 0.717) is 12.0 Å². The number of phosphoric acid groups is 1. The Morgan fingerprint density at radius 1 is 1.18 bits per heavy atom. The zero-order chi connectivity index (χ0) is 20.8. The molecule has 1 aromatic carbocycles. The van der Waals surface area contributed by atoms with Gasteiger partial charge in [-0.25, -0.2) is 4.57 Å². The number of rotatable bonds is 14. The second-order valence-electron chi connectivity index (χ2n) is 6.31. The highest BCUT2D eigenvalue weighted by Crippen LogP contribution is 2.43. The van der Waals surface area contributed by atoms with E-state index in [1.807, 2.05) is 0 Å². The number of unbranched alkanes of at least 4 members (excludes halogenated alkanes) is 4. The lowest BCUT2D eigenvalue weighted by Gasteiger charge is -2.14. The minimum atomic E-state index is -4.34. The average Bonchev–Trinajstić information content (AvgIpc) is 2.65. The van der Waals surface area contributed by atoms with Gasteiger partial charge in [0.05, 0.1) is 20.1 Å². The highest BCUT2D eigenvalue weighted by molar-refractivity contribution is 7.47. The van der Waals surface area contributed by atoms with Gasteiger partial charge in [-0.3, -0.25) is 19.0 Å². The van der Waals surface area contributed by atoms with Gasteiger partial charge in [0, 0.05) is 13.0 Å². The van der Waals surface area contributed by atoms with Crippen molar-refractivity contribution in [1.82, 2.24) is 5.32 Å². The van der Waals surface area contributed by atoms with Gasteiger partial charge in [-0.1, -0.05) is 44.7 Å². The van der Waals surface area contributed by atoms with Gasteiger partial charge in [-0.15, -0.1) is 0 Å². The van der Waals surface area contributed by atoms with E-state index in [4.69, 9.17) is 9.05 Å². The topological polar surface area (TPSA) is 111 Å². The van der Waals surface area contributed by atoms with Crippen molar-refractivity contribution in [1.29, 1.82) is 0 Å². The average molecular weight is 415 g/mol. The van der Waals surface area contributed by atoms with Crippen LogP contribution >= 0.6 is 7.82 Å². The second-order valence-corrected chi connectivity index (χ2v) is 7.69. The molecule has 0 fully saturated rings. The van der Waals surface area contributed by atoms with Gasteiger partial charge in [-0.05, 0) is 24.1 Å². The summed E-state index contributed by atoms with van der Waals surface area (Å²) in [5.74, 6) is -0.436. The van der Waals surface area contributed by atoms with Gasteiger partial charge in [0.1, 0.15) is 5.75 Å². The van der Waals surface area contributed by atoms with Crippen molar-refractivity contribution in [3.05, 3.63) is 29.8 Å². The molecular formula is C19H30NO7P. The zero-order valence-corrected chi connectivity index (χ0v) is 17.4. The predicted molar refractivity (Wildman–Crippen MR) is 105 cm³/mol. The fourth-order valence-corrected chi connectivity index (χ4v) is 3.19. The molecule has 0 heterocycles. The second kappa shape index (κ2) is 13.3. The number of esters is 1. The van der Waals surface area contributed by atoms with Gasteiger partial charge in [0.2, 0.25) is 5.91 Å². The Morgan fingerprint density at radius 2 is 1.93 bits per heavy atom. The Hall–Kier alpha value is -1.89. The maximum absolute atomic E-state index is 12.0.